The molecule has 3 nitrogen and oxygen atoms in total. The monoisotopic (exact) mass is 248 g/mol. The average Bonchev–Trinajstić information content (AvgIpc) is 3.18. The first-order valence-corrected chi connectivity index (χ1v) is 6.84. The highest BCUT2D eigenvalue weighted by atomic mass is 16.3. The number of hydrogen-bond acceptors (Lipinski definition) is 3. The van der Waals surface area contributed by atoms with E-state index >= 15 is 0 Å². The summed E-state index contributed by atoms with van der Waals surface area (Å²) in [4.78, 5) is 2.27. The Kier molecular flexibility index (Phi) is 4.61. The summed E-state index contributed by atoms with van der Waals surface area (Å²) < 4.78 is 0. The van der Waals surface area contributed by atoms with E-state index in [1.54, 1.807) is 0 Å². The Bertz CT molecular complexity index is 377. The SMILES string of the molecule is Cc1ccccc1N(C)CCC(CO)NC1CC1. The first-order valence-electron chi connectivity index (χ1n) is 6.84. The van der Waals surface area contributed by atoms with E-state index < -0.39 is 0 Å². The van der Waals surface area contributed by atoms with Gasteiger partial charge in [0.2, 0.25) is 0 Å². The highest BCUT2D eigenvalue weighted by Gasteiger charge is 2.24. The van der Waals surface area contributed by atoms with Crippen LogP contribution < -0.4 is 10.2 Å². The van der Waals surface area contributed by atoms with Crippen LogP contribution in [0.3, 0.4) is 0 Å². The molecule has 1 aromatic rings. The van der Waals surface area contributed by atoms with Gasteiger partial charge in [-0.2, -0.15) is 0 Å². The van der Waals surface area contributed by atoms with Gasteiger partial charge in [-0.25, -0.2) is 0 Å². The highest BCUT2D eigenvalue weighted by Crippen LogP contribution is 2.21. The molecule has 1 saturated carbocycles. The van der Waals surface area contributed by atoms with Crippen LogP contribution in [0, 0.1) is 6.92 Å². The predicted octanol–water partition coefficient (Wildman–Crippen LogP) is 1.93. The number of nitrogens with one attached hydrogen (secondary N) is 1. The van der Waals surface area contributed by atoms with Gasteiger partial charge < -0.3 is 15.3 Å². The lowest BCUT2D eigenvalue weighted by atomic mass is 10.1. The van der Waals surface area contributed by atoms with Gasteiger partial charge in [0.05, 0.1) is 6.61 Å². The van der Waals surface area contributed by atoms with E-state index in [-0.39, 0.29) is 12.6 Å². The zero-order valence-corrected chi connectivity index (χ0v) is 11.4. The number of aliphatic hydroxyl groups is 1. The van der Waals surface area contributed by atoms with Crippen molar-refractivity contribution in [3.63, 3.8) is 0 Å². The van der Waals surface area contributed by atoms with Crippen molar-refractivity contribution in [2.24, 2.45) is 0 Å². The van der Waals surface area contributed by atoms with E-state index in [1.807, 2.05) is 0 Å². The molecule has 0 aromatic heterocycles. The first-order chi connectivity index (χ1) is 8.70. The molecule has 0 spiro atoms. The third-order valence-electron chi connectivity index (χ3n) is 3.61. The molecule has 0 bridgehead atoms. The van der Waals surface area contributed by atoms with E-state index in [9.17, 15) is 5.11 Å². The Morgan fingerprint density at radius 2 is 2.11 bits per heavy atom. The Morgan fingerprint density at radius 3 is 2.72 bits per heavy atom. The molecule has 1 unspecified atom stereocenters. The maximum Gasteiger partial charge on any atom is 0.0585 e. The molecule has 3 heteroatoms. The third-order valence-corrected chi connectivity index (χ3v) is 3.61. The fraction of sp³-hybridized carbons (Fsp3) is 0.600. The van der Waals surface area contributed by atoms with Crippen LogP contribution in [0.1, 0.15) is 24.8 Å². The van der Waals surface area contributed by atoms with Crippen LogP contribution in [0.2, 0.25) is 0 Å². The van der Waals surface area contributed by atoms with E-state index in [0.29, 0.717) is 6.04 Å². The molecule has 1 aliphatic carbocycles. The van der Waals surface area contributed by atoms with E-state index in [1.165, 1.54) is 24.1 Å². The normalized spacial score (nSPS) is 16.6. The van der Waals surface area contributed by atoms with Gasteiger partial charge in [-0.05, 0) is 37.8 Å². The van der Waals surface area contributed by atoms with Crippen LogP contribution in [0.5, 0.6) is 0 Å². The zero-order valence-electron chi connectivity index (χ0n) is 11.4. The van der Waals surface area contributed by atoms with Gasteiger partial charge in [0.1, 0.15) is 0 Å². The lowest BCUT2D eigenvalue weighted by molar-refractivity contribution is 0.235. The van der Waals surface area contributed by atoms with E-state index in [2.05, 4.69) is 48.5 Å². The molecule has 100 valence electrons. The van der Waals surface area contributed by atoms with Gasteiger partial charge in [0, 0.05) is 31.4 Å². The maximum atomic E-state index is 9.36. The fourth-order valence-electron chi connectivity index (χ4n) is 2.27. The molecule has 1 fully saturated rings. The summed E-state index contributed by atoms with van der Waals surface area (Å²) >= 11 is 0. The van der Waals surface area contributed by atoms with Gasteiger partial charge in [0.15, 0.2) is 0 Å². The number of aryl methyl sites for hydroxylation is 1. The molecule has 0 heterocycles. The molecule has 2 rings (SSSR count). The fourth-order valence-corrected chi connectivity index (χ4v) is 2.27. The largest absolute Gasteiger partial charge is 0.395 e. The first kappa shape index (κ1) is 13.4. The lowest BCUT2D eigenvalue weighted by Crippen LogP contribution is -2.37. The van der Waals surface area contributed by atoms with Crippen molar-refractivity contribution in [1.29, 1.82) is 0 Å². The third kappa shape index (κ3) is 3.72. The summed E-state index contributed by atoms with van der Waals surface area (Å²) in [6, 6.07) is 9.33. The minimum absolute atomic E-state index is 0.234. The Morgan fingerprint density at radius 1 is 1.39 bits per heavy atom. The van der Waals surface area contributed by atoms with Crippen molar-refractivity contribution in [1.82, 2.24) is 5.32 Å². The van der Waals surface area contributed by atoms with Crippen molar-refractivity contribution in [3.05, 3.63) is 29.8 Å². The number of para-hydroxylation sites is 1. The molecule has 2 N–H and O–H groups in total. The van der Waals surface area contributed by atoms with Crippen LogP contribution in [0.15, 0.2) is 24.3 Å². The van der Waals surface area contributed by atoms with Crippen LogP contribution in [-0.2, 0) is 0 Å². The van der Waals surface area contributed by atoms with Crippen molar-refractivity contribution < 1.29 is 5.11 Å². The second-order valence-electron chi connectivity index (χ2n) is 5.32. The van der Waals surface area contributed by atoms with Gasteiger partial charge in [-0.1, -0.05) is 18.2 Å². The van der Waals surface area contributed by atoms with Crippen molar-refractivity contribution in [2.45, 2.75) is 38.3 Å². The molecule has 0 saturated heterocycles. The van der Waals surface area contributed by atoms with Gasteiger partial charge in [-0.3, -0.25) is 0 Å². The number of hydrogen-bond donors (Lipinski definition) is 2. The minimum Gasteiger partial charge on any atom is -0.395 e. The number of anilines is 1. The van der Waals surface area contributed by atoms with Gasteiger partial charge in [0.25, 0.3) is 0 Å². The standard InChI is InChI=1S/C15H24N2O/c1-12-5-3-4-6-15(12)17(2)10-9-14(11-18)16-13-7-8-13/h3-6,13-14,16,18H,7-11H2,1-2H3. The summed E-state index contributed by atoms with van der Waals surface area (Å²) in [6.45, 7) is 3.34. The zero-order chi connectivity index (χ0) is 13.0. The van der Waals surface area contributed by atoms with Crippen LogP contribution in [-0.4, -0.2) is 37.4 Å². The van der Waals surface area contributed by atoms with E-state index in [4.69, 9.17) is 0 Å². The minimum atomic E-state index is 0.234. The Balaban J connectivity index is 1.82. The quantitative estimate of drug-likeness (QED) is 0.774. The lowest BCUT2D eigenvalue weighted by Gasteiger charge is -2.24. The molecular weight excluding hydrogens is 224 g/mol. The number of aliphatic hydroxyl groups excluding tert-OH is 1. The van der Waals surface area contributed by atoms with E-state index in [0.717, 1.165) is 13.0 Å². The maximum absolute atomic E-state index is 9.36. The number of benzene rings is 1. The summed E-state index contributed by atoms with van der Waals surface area (Å²) in [6.07, 6.45) is 3.52. The number of nitrogens with zero attached hydrogens (tertiary/aromatic N) is 1. The van der Waals surface area contributed by atoms with Crippen molar-refractivity contribution in [3.8, 4) is 0 Å². The summed E-state index contributed by atoms with van der Waals surface area (Å²) in [5.74, 6) is 0. The number of rotatable bonds is 7. The smallest absolute Gasteiger partial charge is 0.0585 e. The predicted molar refractivity (Wildman–Crippen MR) is 76.1 cm³/mol. The molecule has 18 heavy (non-hydrogen) atoms. The van der Waals surface area contributed by atoms with Crippen LogP contribution >= 0.6 is 0 Å². The highest BCUT2D eigenvalue weighted by molar-refractivity contribution is 5.52. The topological polar surface area (TPSA) is 35.5 Å². The summed E-state index contributed by atoms with van der Waals surface area (Å²) in [5, 5.41) is 12.8. The van der Waals surface area contributed by atoms with Crippen molar-refractivity contribution in [2.75, 3.05) is 25.1 Å². The molecular formula is C15H24N2O. The molecule has 1 atom stereocenters. The molecule has 0 amide bonds. The Labute approximate surface area is 110 Å². The summed E-state index contributed by atoms with van der Waals surface area (Å²) in [5.41, 5.74) is 2.58. The molecule has 1 aromatic carbocycles. The summed E-state index contributed by atoms with van der Waals surface area (Å²) in [7, 11) is 2.12. The second-order valence-corrected chi connectivity index (χ2v) is 5.32. The van der Waals surface area contributed by atoms with Gasteiger partial charge in [-0.15, -0.1) is 0 Å². The second kappa shape index (κ2) is 6.21. The van der Waals surface area contributed by atoms with Crippen molar-refractivity contribution >= 4 is 5.69 Å². The van der Waals surface area contributed by atoms with Crippen LogP contribution in [0.4, 0.5) is 5.69 Å². The molecule has 0 radical (unpaired) electrons. The molecule has 1 aliphatic rings. The average molecular weight is 248 g/mol. The van der Waals surface area contributed by atoms with Crippen LogP contribution in [0.25, 0.3) is 0 Å². The van der Waals surface area contributed by atoms with Gasteiger partial charge >= 0.3 is 0 Å². The Hall–Kier alpha value is -1.06. The molecule has 0 aliphatic heterocycles.